The molecule has 0 saturated carbocycles. The minimum Gasteiger partial charge on any atom is -0.379 e. The summed E-state index contributed by atoms with van der Waals surface area (Å²) in [7, 11) is 0. The van der Waals surface area contributed by atoms with Crippen molar-refractivity contribution in [2.24, 2.45) is 10.7 Å². The van der Waals surface area contributed by atoms with E-state index in [1.807, 2.05) is 0 Å². The third-order valence-electron chi connectivity index (χ3n) is 3.64. The number of hydrogen-bond acceptors (Lipinski definition) is 3. The summed E-state index contributed by atoms with van der Waals surface area (Å²) < 4.78 is 0. The van der Waals surface area contributed by atoms with Crippen LogP contribution in [-0.4, -0.2) is 5.17 Å². The highest BCUT2D eigenvalue weighted by atomic mass is 32.2. The lowest BCUT2D eigenvalue weighted by Crippen LogP contribution is -2.11. The molecule has 1 aliphatic carbocycles. The Labute approximate surface area is 110 Å². The minimum atomic E-state index is 0.182. The van der Waals surface area contributed by atoms with E-state index in [0.29, 0.717) is 10.4 Å². The number of benzene rings is 2. The largest absolute Gasteiger partial charge is 0.379 e. The van der Waals surface area contributed by atoms with Gasteiger partial charge in [-0.1, -0.05) is 60.3 Å². The van der Waals surface area contributed by atoms with Crippen LogP contribution in [0.5, 0.6) is 0 Å². The summed E-state index contributed by atoms with van der Waals surface area (Å²) in [6, 6.07) is 17.3. The molecule has 0 radical (unpaired) electrons. The van der Waals surface area contributed by atoms with Crippen LogP contribution < -0.4 is 5.73 Å². The fourth-order valence-corrected chi connectivity index (χ4v) is 3.99. The van der Waals surface area contributed by atoms with Crippen LogP contribution in [0, 0.1) is 0 Å². The zero-order chi connectivity index (χ0) is 12.1. The summed E-state index contributed by atoms with van der Waals surface area (Å²) in [5.41, 5.74) is 11.2. The topological polar surface area (TPSA) is 38.4 Å². The average Bonchev–Trinajstić information content (AvgIpc) is 2.81. The second kappa shape index (κ2) is 3.62. The smallest absolute Gasteiger partial charge is 0.155 e. The molecule has 88 valence electrons. The molecule has 0 aromatic heterocycles. The molecule has 0 unspecified atom stereocenters. The van der Waals surface area contributed by atoms with E-state index in [2.05, 4.69) is 53.5 Å². The summed E-state index contributed by atoms with van der Waals surface area (Å²) in [6.45, 7) is 0. The Morgan fingerprint density at radius 2 is 1.50 bits per heavy atom. The molecular formula is C15H12N2S. The molecule has 2 N–H and O–H groups in total. The van der Waals surface area contributed by atoms with Crippen LogP contribution in [0.1, 0.15) is 22.4 Å². The van der Waals surface area contributed by atoms with Crippen molar-refractivity contribution >= 4 is 16.9 Å². The first-order chi connectivity index (χ1) is 8.84. The highest BCUT2D eigenvalue weighted by Gasteiger charge is 2.38. The third-order valence-corrected chi connectivity index (χ3v) is 4.75. The molecule has 0 fully saturated rings. The lowest BCUT2D eigenvalue weighted by molar-refractivity contribution is 0.715. The van der Waals surface area contributed by atoms with Crippen molar-refractivity contribution in [2.45, 2.75) is 11.3 Å². The van der Waals surface area contributed by atoms with Crippen LogP contribution in [0.2, 0.25) is 0 Å². The van der Waals surface area contributed by atoms with E-state index in [1.54, 1.807) is 11.8 Å². The van der Waals surface area contributed by atoms with Gasteiger partial charge in [0, 0.05) is 0 Å². The Kier molecular flexibility index (Phi) is 2.06. The number of rotatable bonds is 0. The van der Waals surface area contributed by atoms with Gasteiger partial charge in [-0.3, -0.25) is 4.99 Å². The van der Waals surface area contributed by atoms with Crippen LogP contribution in [0.4, 0.5) is 0 Å². The Balaban J connectivity index is 2.04. The number of fused-ring (bicyclic) bond motifs is 6. The van der Waals surface area contributed by atoms with Gasteiger partial charge in [0.15, 0.2) is 5.17 Å². The van der Waals surface area contributed by atoms with Crippen LogP contribution in [0.15, 0.2) is 53.5 Å². The molecule has 4 rings (SSSR count). The van der Waals surface area contributed by atoms with E-state index in [-0.39, 0.29) is 6.04 Å². The molecule has 18 heavy (non-hydrogen) atoms. The summed E-state index contributed by atoms with van der Waals surface area (Å²) in [5, 5.41) is 1.05. The van der Waals surface area contributed by atoms with Gasteiger partial charge in [0.05, 0.1) is 11.3 Å². The van der Waals surface area contributed by atoms with Crippen LogP contribution in [0.3, 0.4) is 0 Å². The number of aliphatic imine (C=N–C) groups is 1. The number of nitrogens with zero attached hydrogens (tertiary/aromatic N) is 1. The van der Waals surface area contributed by atoms with Crippen molar-refractivity contribution < 1.29 is 0 Å². The lowest BCUT2D eigenvalue weighted by atomic mass is 9.82. The first-order valence-electron chi connectivity index (χ1n) is 6.03. The first kappa shape index (κ1) is 10.2. The predicted octanol–water partition coefficient (Wildman–Crippen LogP) is 3.51. The standard InChI is InChI=1S/C15H12N2S/c16-15-17-13-11-7-3-1-5-9(11)10-6-2-4-8-12(10)14(13)18-15/h1-8,13-14H,(H2,16,17)/t13-,14-/m1/s1. The number of nitrogens with two attached hydrogens (primary N) is 1. The van der Waals surface area contributed by atoms with Gasteiger partial charge in [-0.2, -0.15) is 0 Å². The molecule has 2 aliphatic rings. The van der Waals surface area contributed by atoms with Gasteiger partial charge in [0.1, 0.15) is 0 Å². The SMILES string of the molecule is NC1=N[C@@H]2c3ccccc3-c3ccccc3[C@H]2S1. The van der Waals surface area contributed by atoms with E-state index in [4.69, 9.17) is 5.73 Å². The van der Waals surface area contributed by atoms with E-state index >= 15 is 0 Å². The van der Waals surface area contributed by atoms with E-state index in [0.717, 1.165) is 0 Å². The maximum Gasteiger partial charge on any atom is 0.155 e. The minimum absolute atomic E-state index is 0.182. The maximum absolute atomic E-state index is 5.92. The van der Waals surface area contributed by atoms with Gasteiger partial charge < -0.3 is 5.73 Å². The molecule has 3 heteroatoms. The second-order valence-corrected chi connectivity index (χ2v) is 5.79. The Morgan fingerprint density at radius 1 is 0.889 bits per heavy atom. The third kappa shape index (κ3) is 1.28. The number of hydrogen-bond donors (Lipinski definition) is 1. The first-order valence-corrected chi connectivity index (χ1v) is 6.91. The van der Waals surface area contributed by atoms with Gasteiger partial charge in [-0.15, -0.1) is 0 Å². The Morgan fingerprint density at radius 3 is 2.28 bits per heavy atom. The highest BCUT2D eigenvalue weighted by molar-refractivity contribution is 8.14. The van der Waals surface area contributed by atoms with Gasteiger partial charge >= 0.3 is 0 Å². The zero-order valence-corrected chi connectivity index (χ0v) is 10.5. The molecule has 0 amide bonds. The van der Waals surface area contributed by atoms with Crippen molar-refractivity contribution in [3.05, 3.63) is 59.7 Å². The zero-order valence-electron chi connectivity index (χ0n) is 9.71. The molecule has 1 aliphatic heterocycles. The van der Waals surface area contributed by atoms with E-state index in [9.17, 15) is 0 Å². The summed E-state index contributed by atoms with van der Waals surface area (Å²) in [4.78, 5) is 4.61. The van der Waals surface area contributed by atoms with Gasteiger partial charge in [0.2, 0.25) is 0 Å². The fraction of sp³-hybridized carbons (Fsp3) is 0.133. The van der Waals surface area contributed by atoms with Crippen molar-refractivity contribution in [3.8, 4) is 11.1 Å². The predicted molar refractivity (Wildman–Crippen MR) is 76.6 cm³/mol. The van der Waals surface area contributed by atoms with E-state index < -0.39 is 0 Å². The molecule has 2 aromatic rings. The van der Waals surface area contributed by atoms with Crippen molar-refractivity contribution in [2.75, 3.05) is 0 Å². The highest BCUT2D eigenvalue weighted by Crippen LogP contribution is 2.55. The van der Waals surface area contributed by atoms with Crippen LogP contribution in [0.25, 0.3) is 11.1 Å². The molecule has 2 atom stereocenters. The van der Waals surface area contributed by atoms with Crippen LogP contribution >= 0.6 is 11.8 Å². The van der Waals surface area contributed by atoms with Gasteiger partial charge in [-0.05, 0) is 22.3 Å². The van der Waals surface area contributed by atoms with Crippen molar-refractivity contribution in [1.82, 2.24) is 0 Å². The van der Waals surface area contributed by atoms with Crippen molar-refractivity contribution in [3.63, 3.8) is 0 Å². The summed E-state index contributed by atoms with van der Waals surface area (Å²) in [6.07, 6.45) is 0. The molecule has 0 bridgehead atoms. The molecule has 0 saturated heterocycles. The average molecular weight is 252 g/mol. The van der Waals surface area contributed by atoms with Gasteiger partial charge in [-0.25, -0.2) is 0 Å². The quantitative estimate of drug-likeness (QED) is 0.779. The number of amidine groups is 1. The monoisotopic (exact) mass is 252 g/mol. The van der Waals surface area contributed by atoms with Gasteiger partial charge in [0.25, 0.3) is 0 Å². The molecule has 1 heterocycles. The fourth-order valence-electron chi connectivity index (χ4n) is 2.89. The summed E-state index contributed by atoms with van der Waals surface area (Å²) >= 11 is 1.68. The van der Waals surface area contributed by atoms with Crippen molar-refractivity contribution in [1.29, 1.82) is 0 Å². The van der Waals surface area contributed by atoms with Crippen LogP contribution in [-0.2, 0) is 0 Å². The maximum atomic E-state index is 5.92. The Bertz CT molecular complexity index is 663. The Hall–Kier alpha value is -1.74. The number of thioether (sulfide) groups is 1. The molecule has 2 nitrogen and oxygen atoms in total. The molecule has 0 spiro atoms. The second-order valence-electron chi connectivity index (χ2n) is 4.63. The normalized spacial score (nSPS) is 23.9. The van der Waals surface area contributed by atoms with E-state index in [1.165, 1.54) is 22.3 Å². The molecular weight excluding hydrogens is 240 g/mol. The summed E-state index contributed by atoms with van der Waals surface area (Å²) in [5.74, 6) is 0. The lowest BCUT2D eigenvalue weighted by Gasteiger charge is -2.28. The molecule has 2 aromatic carbocycles.